The molecule has 1 aromatic rings. The van der Waals surface area contributed by atoms with Crippen molar-refractivity contribution in [3.05, 3.63) is 23.8 Å². The molecule has 6 nitrogen and oxygen atoms in total. The van der Waals surface area contributed by atoms with Gasteiger partial charge in [0.15, 0.2) is 11.5 Å². The largest absolute Gasteiger partial charge is 0.454 e. The summed E-state index contributed by atoms with van der Waals surface area (Å²) in [6.07, 6.45) is 4.98. The lowest BCUT2D eigenvalue weighted by molar-refractivity contribution is -0.124. The Labute approximate surface area is 160 Å². The molecule has 4 rings (SSSR count). The minimum Gasteiger partial charge on any atom is -0.454 e. The van der Waals surface area contributed by atoms with E-state index in [4.69, 9.17) is 14.2 Å². The van der Waals surface area contributed by atoms with Gasteiger partial charge in [0.1, 0.15) is 0 Å². The number of nitrogens with one attached hydrogen (secondary N) is 2. The second kappa shape index (κ2) is 8.46. The lowest BCUT2D eigenvalue weighted by atomic mass is 9.74. The van der Waals surface area contributed by atoms with E-state index >= 15 is 0 Å². The number of fused-ring (bicyclic) bond motifs is 1. The highest BCUT2D eigenvalue weighted by Crippen LogP contribution is 2.40. The second-order valence-electron chi connectivity index (χ2n) is 7.18. The number of ether oxygens (including phenoxy) is 3. The molecule has 2 fully saturated rings. The summed E-state index contributed by atoms with van der Waals surface area (Å²) >= 11 is 0. The zero-order valence-corrected chi connectivity index (χ0v) is 15.7. The van der Waals surface area contributed by atoms with Gasteiger partial charge in [-0.1, -0.05) is 12.5 Å². The van der Waals surface area contributed by atoms with Crippen molar-refractivity contribution in [2.45, 2.75) is 43.6 Å². The summed E-state index contributed by atoms with van der Waals surface area (Å²) in [5.41, 5.74) is 1.08. The van der Waals surface area contributed by atoms with E-state index in [1.54, 1.807) is 0 Å². The van der Waals surface area contributed by atoms with E-state index in [0.29, 0.717) is 19.8 Å². The van der Waals surface area contributed by atoms with Gasteiger partial charge in [0, 0.05) is 25.2 Å². The Morgan fingerprint density at radius 2 is 2.00 bits per heavy atom. The average Bonchev–Trinajstić information content (AvgIpc) is 3.15. The molecule has 0 aromatic heterocycles. The Morgan fingerprint density at radius 3 is 2.77 bits per heavy atom. The molecule has 3 aliphatic heterocycles. The first kappa shape index (κ1) is 19.3. The predicted octanol–water partition coefficient (Wildman–Crippen LogP) is 2.14. The number of halogens is 1. The molecule has 0 aliphatic carbocycles. The van der Waals surface area contributed by atoms with Crippen LogP contribution in [-0.2, 0) is 14.9 Å². The lowest BCUT2D eigenvalue weighted by Crippen LogP contribution is -2.51. The van der Waals surface area contributed by atoms with E-state index in [1.807, 2.05) is 6.07 Å². The Balaban J connectivity index is 0.00000196. The van der Waals surface area contributed by atoms with Crippen LogP contribution in [0.4, 0.5) is 0 Å². The van der Waals surface area contributed by atoms with Gasteiger partial charge in [-0.3, -0.25) is 4.79 Å². The minimum absolute atomic E-state index is 0. The molecule has 1 aromatic carbocycles. The van der Waals surface area contributed by atoms with Crippen LogP contribution in [0, 0.1) is 0 Å². The van der Waals surface area contributed by atoms with Crippen LogP contribution in [0.25, 0.3) is 0 Å². The van der Waals surface area contributed by atoms with Gasteiger partial charge < -0.3 is 24.8 Å². The molecule has 26 heavy (non-hydrogen) atoms. The van der Waals surface area contributed by atoms with Crippen LogP contribution in [0.1, 0.15) is 37.7 Å². The van der Waals surface area contributed by atoms with Gasteiger partial charge >= 0.3 is 0 Å². The Bertz CT molecular complexity index is 628. The molecule has 0 radical (unpaired) electrons. The Hall–Kier alpha value is -1.50. The fourth-order valence-corrected chi connectivity index (χ4v) is 4.01. The first-order chi connectivity index (χ1) is 12.3. The molecule has 2 saturated heterocycles. The number of hydrogen-bond donors (Lipinski definition) is 2. The third-order valence-corrected chi connectivity index (χ3v) is 5.66. The normalized spacial score (nSPS) is 23.8. The average molecular weight is 383 g/mol. The maximum absolute atomic E-state index is 12.6. The quantitative estimate of drug-likeness (QED) is 0.835. The van der Waals surface area contributed by atoms with Gasteiger partial charge in [-0.15, -0.1) is 12.4 Å². The van der Waals surface area contributed by atoms with E-state index in [0.717, 1.165) is 50.1 Å². The SMILES string of the molecule is Cl.O=C(NCC1(c2ccc3c(c2)OCO3)CCOCC1)C1CCCCN1. The number of benzene rings is 1. The van der Waals surface area contributed by atoms with Crippen LogP contribution in [0.2, 0.25) is 0 Å². The molecule has 0 spiro atoms. The molecular weight excluding hydrogens is 356 g/mol. The number of rotatable bonds is 4. The number of amides is 1. The van der Waals surface area contributed by atoms with Gasteiger partial charge in [0.05, 0.1) is 6.04 Å². The van der Waals surface area contributed by atoms with Crippen LogP contribution in [-0.4, -0.2) is 45.0 Å². The van der Waals surface area contributed by atoms with Gasteiger partial charge in [-0.05, 0) is 49.9 Å². The van der Waals surface area contributed by atoms with Gasteiger partial charge in [0.2, 0.25) is 12.7 Å². The number of carbonyl (C=O) groups excluding carboxylic acids is 1. The van der Waals surface area contributed by atoms with Crippen LogP contribution in [0.15, 0.2) is 18.2 Å². The standard InChI is InChI=1S/C19H26N2O4.ClH/c22-18(15-3-1-2-8-20-15)21-12-19(6-9-23-10-7-19)14-4-5-16-17(11-14)25-13-24-16;/h4-5,11,15,20H,1-3,6-10,12-13H2,(H,21,22);1H. The number of carbonyl (C=O) groups is 1. The lowest BCUT2D eigenvalue weighted by Gasteiger charge is -2.38. The summed E-state index contributed by atoms with van der Waals surface area (Å²) in [4.78, 5) is 12.6. The fraction of sp³-hybridized carbons (Fsp3) is 0.632. The van der Waals surface area contributed by atoms with Gasteiger partial charge in [-0.25, -0.2) is 0 Å². The zero-order chi connectivity index (χ0) is 17.1. The number of piperidine rings is 1. The molecule has 0 saturated carbocycles. The molecule has 3 aliphatic rings. The molecule has 1 atom stereocenters. The van der Waals surface area contributed by atoms with Crippen molar-refractivity contribution < 1.29 is 19.0 Å². The maximum atomic E-state index is 12.6. The van der Waals surface area contributed by atoms with Crippen LogP contribution in [0.3, 0.4) is 0 Å². The van der Waals surface area contributed by atoms with E-state index < -0.39 is 0 Å². The molecule has 3 heterocycles. The van der Waals surface area contributed by atoms with Crippen molar-refractivity contribution in [2.75, 3.05) is 33.1 Å². The van der Waals surface area contributed by atoms with E-state index in [2.05, 4.69) is 22.8 Å². The van der Waals surface area contributed by atoms with Crippen molar-refractivity contribution in [3.63, 3.8) is 0 Å². The summed E-state index contributed by atoms with van der Waals surface area (Å²) in [5.74, 6) is 1.70. The molecule has 2 N–H and O–H groups in total. The fourth-order valence-electron chi connectivity index (χ4n) is 4.01. The molecule has 1 amide bonds. The smallest absolute Gasteiger partial charge is 0.237 e. The summed E-state index contributed by atoms with van der Waals surface area (Å²) in [7, 11) is 0. The van der Waals surface area contributed by atoms with E-state index in [1.165, 1.54) is 5.56 Å². The van der Waals surface area contributed by atoms with Gasteiger partial charge in [0.25, 0.3) is 0 Å². The zero-order valence-electron chi connectivity index (χ0n) is 14.9. The highest BCUT2D eigenvalue weighted by molar-refractivity contribution is 5.85. The summed E-state index contributed by atoms with van der Waals surface area (Å²) in [5, 5.41) is 6.52. The van der Waals surface area contributed by atoms with Crippen molar-refractivity contribution in [1.82, 2.24) is 10.6 Å². The minimum atomic E-state index is -0.108. The van der Waals surface area contributed by atoms with E-state index in [9.17, 15) is 4.79 Å². The summed E-state index contributed by atoms with van der Waals surface area (Å²) < 4.78 is 16.6. The van der Waals surface area contributed by atoms with Crippen molar-refractivity contribution in [1.29, 1.82) is 0 Å². The topological polar surface area (TPSA) is 68.8 Å². The van der Waals surface area contributed by atoms with Crippen molar-refractivity contribution in [2.24, 2.45) is 0 Å². The first-order valence-corrected chi connectivity index (χ1v) is 9.26. The highest BCUT2D eigenvalue weighted by atomic mass is 35.5. The van der Waals surface area contributed by atoms with E-state index in [-0.39, 0.29) is 36.6 Å². The maximum Gasteiger partial charge on any atom is 0.237 e. The summed E-state index contributed by atoms with van der Waals surface area (Å²) in [6, 6.07) is 6.09. The third-order valence-electron chi connectivity index (χ3n) is 5.66. The highest BCUT2D eigenvalue weighted by Gasteiger charge is 2.36. The molecule has 1 unspecified atom stereocenters. The van der Waals surface area contributed by atoms with Crippen LogP contribution in [0.5, 0.6) is 11.5 Å². The molecule has 0 bridgehead atoms. The molecule has 144 valence electrons. The first-order valence-electron chi connectivity index (χ1n) is 9.26. The Morgan fingerprint density at radius 1 is 1.19 bits per heavy atom. The van der Waals surface area contributed by atoms with Crippen molar-refractivity contribution in [3.8, 4) is 11.5 Å². The van der Waals surface area contributed by atoms with Crippen molar-refractivity contribution >= 4 is 18.3 Å². The molecule has 7 heteroatoms. The number of hydrogen-bond acceptors (Lipinski definition) is 5. The van der Waals surface area contributed by atoms with Crippen LogP contribution >= 0.6 is 12.4 Å². The second-order valence-corrected chi connectivity index (χ2v) is 7.18. The summed E-state index contributed by atoms with van der Waals surface area (Å²) in [6.45, 7) is 3.27. The van der Waals surface area contributed by atoms with Gasteiger partial charge in [-0.2, -0.15) is 0 Å². The molecular formula is C19H27ClN2O4. The van der Waals surface area contributed by atoms with Crippen LogP contribution < -0.4 is 20.1 Å². The third kappa shape index (κ3) is 3.92. The Kier molecular flexibility index (Phi) is 6.27. The monoisotopic (exact) mass is 382 g/mol. The predicted molar refractivity (Wildman–Crippen MR) is 100 cm³/mol.